The smallest absolute Gasteiger partial charge is 0.255 e. The molecule has 2 aromatic carbocycles. The van der Waals surface area contributed by atoms with Gasteiger partial charge in [-0.15, -0.1) is 11.3 Å². The minimum atomic E-state index is -2.70. The molecule has 3 aliphatic carbocycles. The molecule has 0 spiro atoms. The van der Waals surface area contributed by atoms with Gasteiger partial charge in [0.15, 0.2) is 11.4 Å². The molecular weight excluding hydrogens is 522 g/mol. The highest BCUT2D eigenvalue weighted by Gasteiger charge is 2.65. The number of hydrogen-bond acceptors (Lipinski definition) is 10. The van der Waals surface area contributed by atoms with Gasteiger partial charge in [0.1, 0.15) is 27.8 Å². The number of phenols is 1. The fourth-order valence-electron chi connectivity index (χ4n) is 6.56. The van der Waals surface area contributed by atoms with E-state index in [-0.39, 0.29) is 23.3 Å². The maximum Gasteiger partial charge on any atom is 0.255 e. The second-order valence-electron chi connectivity index (χ2n) is 10.4. The maximum absolute atomic E-state index is 14.2. The maximum atomic E-state index is 14.2. The number of rotatable bonds is 3. The molecule has 1 saturated carbocycles. The highest BCUT2D eigenvalue weighted by molar-refractivity contribution is 7.18. The highest BCUT2D eigenvalue weighted by atomic mass is 32.1. The molecule has 0 bridgehead atoms. The number of para-hydroxylation sites is 1. The number of aromatic hydroxyl groups is 1. The van der Waals surface area contributed by atoms with Crippen molar-refractivity contribution in [1.82, 2.24) is 9.88 Å². The quantitative estimate of drug-likeness (QED) is 0.308. The highest BCUT2D eigenvalue weighted by Crippen LogP contribution is 2.58. The van der Waals surface area contributed by atoms with Crippen LogP contribution in [-0.4, -0.2) is 73.5 Å². The van der Waals surface area contributed by atoms with Crippen LogP contribution >= 0.6 is 11.3 Å². The lowest BCUT2D eigenvalue weighted by atomic mass is 9.55. The number of nitrogens with two attached hydrogens (primary N) is 1. The number of ketones is 2. The van der Waals surface area contributed by atoms with Crippen LogP contribution in [0.4, 0.5) is 0 Å². The predicted molar refractivity (Wildman–Crippen MR) is 142 cm³/mol. The molecular formula is C28H25N3O7S. The van der Waals surface area contributed by atoms with Crippen molar-refractivity contribution >= 4 is 44.8 Å². The number of primary amides is 1. The number of fused-ring (bicyclic) bond motifs is 4. The van der Waals surface area contributed by atoms with Gasteiger partial charge in [-0.2, -0.15) is 0 Å². The molecule has 200 valence electrons. The van der Waals surface area contributed by atoms with Crippen molar-refractivity contribution in [2.24, 2.45) is 17.6 Å². The Kier molecular flexibility index (Phi) is 5.48. The second kappa shape index (κ2) is 8.47. The number of nitrogens with zero attached hydrogens (tertiary/aromatic N) is 2. The first-order valence-electron chi connectivity index (χ1n) is 12.3. The van der Waals surface area contributed by atoms with Gasteiger partial charge < -0.3 is 26.2 Å². The number of carbonyl (C=O) groups is 3. The summed E-state index contributed by atoms with van der Waals surface area (Å²) >= 11 is 1.40. The van der Waals surface area contributed by atoms with Gasteiger partial charge in [0.25, 0.3) is 5.91 Å². The first kappa shape index (κ1) is 25.2. The fraction of sp³-hybridized carbons (Fsp3) is 0.286. The van der Waals surface area contributed by atoms with Gasteiger partial charge in [-0.3, -0.25) is 19.3 Å². The molecule has 1 aromatic heterocycles. The van der Waals surface area contributed by atoms with Gasteiger partial charge in [-0.25, -0.2) is 4.98 Å². The Labute approximate surface area is 226 Å². The van der Waals surface area contributed by atoms with Crippen molar-refractivity contribution in [3.8, 4) is 5.75 Å². The number of Topliss-reactive ketones (excluding diaryl/α,β-unsaturated/α-hetero) is 2. The summed E-state index contributed by atoms with van der Waals surface area (Å²) in [6.45, 7) is 0. The summed E-state index contributed by atoms with van der Waals surface area (Å²) in [6, 6.07) is 11.1. The summed E-state index contributed by atoms with van der Waals surface area (Å²) < 4.78 is 0.902. The molecule has 1 fully saturated rings. The van der Waals surface area contributed by atoms with E-state index >= 15 is 0 Å². The van der Waals surface area contributed by atoms with E-state index in [1.165, 1.54) is 22.3 Å². The summed E-state index contributed by atoms with van der Waals surface area (Å²) in [4.78, 5) is 46.0. The van der Waals surface area contributed by atoms with Crippen LogP contribution in [0, 0.1) is 11.8 Å². The van der Waals surface area contributed by atoms with E-state index in [4.69, 9.17) is 10.7 Å². The molecule has 1 heterocycles. The molecule has 5 atom stereocenters. The Balaban J connectivity index is 1.64. The molecule has 0 radical (unpaired) electrons. The lowest BCUT2D eigenvalue weighted by Crippen LogP contribution is -2.66. The summed E-state index contributed by atoms with van der Waals surface area (Å²) in [5.41, 5.74) is 2.94. The third-order valence-electron chi connectivity index (χ3n) is 8.18. The molecule has 39 heavy (non-hydrogen) atoms. The predicted octanol–water partition coefficient (Wildman–Crippen LogP) is 2.16. The standard InChI is InChI=1S/C28H25N3O7S/c1-31(2)21-13-10-12-17(27-30-14-7-3-4-9-16(14)39-27)11-6-5-8-15(32)18(11)22(33)19(12)24(35)28(13,38)25(36)20(23(21)34)26(29)37/h3-9,12-13,17,21,32-33,36,38H,10H2,1-2H3,(H2,29,37)/t12-,13?,17+,21+,28+/m1/s1. The summed E-state index contributed by atoms with van der Waals surface area (Å²) in [5.74, 6) is -7.61. The van der Waals surface area contributed by atoms with Crippen molar-refractivity contribution in [3.05, 3.63) is 75.5 Å². The van der Waals surface area contributed by atoms with Crippen LogP contribution in [0.2, 0.25) is 0 Å². The summed E-state index contributed by atoms with van der Waals surface area (Å²) in [5, 5.41) is 45.7. The average Bonchev–Trinajstić information content (AvgIpc) is 3.29. The van der Waals surface area contributed by atoms with Crippen LogP contribution in [0.15, 0.2) is 59.4 Å². The van der Waals surface area contributed by atoms with Crippen LogP contribution in [-0.2, 0) is 14.4 Å². The molecule has 6 rings (SSSR count). The molecule has 1 unspecified atom stereocenters. The number of phenolic OH excluding ortho intramolecular Hbond substituents is 1. The van der Waals surface area contributed by atoms with E-state index < -0.39 is 64.0 Å². The van der Waals surface area contributed by atoms with Gasteiger partial charge in [-0.05, 0) is 44.3 Å². The normalized spacial score (nSPS) is 28.5. The SMILES string of the molecule is CN(C)[C@@H]1C(=O)C(C(N)=O)=C(O)[C@@]2(O)C(=O)C3=C(O)c4c(O)cccc4[C@H](c4nc5ccccc5s4)[C@H]3CC12. The van der Waals surface area contributed by atoms with Crippen molar-refractivity contribution in [3.63, 3.8) is 0 Å². The van der Waals surface area contributed by atoms with Crippen molar-refractivity contribution in [2.45, 2.75) is 24.0 Å². The zero-order valence-electron chi connectivity index (χ0n) is 21.0. The van der Waals surface area contributed by atoms with Crippen LogP contribution in [0.25, 0.3) is 16.0 Å². The third kappa shape index (κ3) is 3.27. The van der Waals surface area contributed by atoms with E-state index in [2.05, 4.69) is 0 Å². The number of likely N-dealkylation sites (N-methyl/N-ethyl adjacent to an activating group) is 1. The topological polar surface area (TPSA) is 174 Å². The Morgan fingerprint density at radius 3 is 2.49 bits per heavy atom. The lowest BCUT2D eigenvalue weighted by molar-refractivity contribution is -0.154. The molecule has 1 amide bonds. The summed E-state index contributed by atoms with van der Waals surface area (Å²) in [7, 11) is 3.13. The zero-order valence-corrected chi connectivity index (χ0v) is 21.8. The van der Waals surface area contributed by atoms with E-state index in [1.807, 2.05) is 24.3 Å². The fourth-order valence-corrected chi connectivity index (χ4v) is 7.71. The second-order valence-corrected chi connectivity index (χ2v) is 11.5. The first-order chi connectivity index (χ1) is 18.5. The van der Waals surface area contributed by atoms with Gasteiger partial charge in [0.05, 0.1) is 21.8 Å². The molecule has 3 aromatic rings. The number of thiazole rings is 1. The number of aliphatic hydroxyl groups excluding tert-OH is 2. The number of carbonyl (C=O) groups excluding carboxylic acids is 3. The van der Waals surface area contributed by atoms with Gasteiger partial charge >= 0.3 is 0 Å². The van der Waals surface area contributed by atoms with Crippen molar-refractivity contribution in [2.75, 3.05) is 14.1 Å². The van der Waals surface area contributed by atoms with Crippen LogP contribution in [0.5, 0.6) is 5.75 Å². The summed E-state index contributed by atoms with van der Waals surface area (Å²) in [6.07, 6.45) is -0.0258. The molecule has 11 heteroatoms. The zero-order chi connectivity index (χ0) is 28.0. The Hall–Kier alpha value is -4.06. The number of hydrogen-bond donors (Lipinski definition) is 5. The lowest BCUT2D eigenvalue weighted by Gasteiger charge is -2.51. The molecule has 10 nitrogen and oxygen atoms in total. The Morgan fingerprint density at radius 2 is 1.82 bits per heavy atom. The van der Waals surface area contributed by atoms with E-state index in [0.29, 0.717) is 10.6 Å². The van der Waals surface area contributed by atoms with Crippen molar-refractivity contribution < 1.29 is 34.8 Å². The first-order valence-corrected chi connectivity index (χ1v) is 13.1. The van der Waals surface area contributed by atoms with Crippen LogP contribution < -0.4 is 5.73 Å². The third-order valence-corrected chi connectivity index (χ3v) is 9.30. The molecule has 3 aliphatic rings. The van der Waals surface area contributed by atoms with Gasteiger partial charge in [0.2, 0.25) is 5.78 Å². The van der Waals surface area contributed by atoms with E-state index in [1.54, 1.807) is 26.2 Å². The largest absolute Gasteiger partial charge is 0.508 e. The number of aromatic nitrogens is 1. The monoisotopic (exact) mass is 547 g/mol. The van der Waals surface area contributed by atoms with Gasteiger partial charge in [0, 0.05) is 23.3 Å². The van der Waals surface area contributed by atoms with E-state index in [0.717, 1.165) is 10.2 Å². The Morgan fingerprint density at radius 1 is 1.10 bits per heavy atom. The number of aliphatic hydroxyl groups is 3. The van der Waals surface area contributed by atoms with Crippen molar-refractivity contribution in [1.29, 1.82) is 0 Å². The molecule has 0 aliphatic heterocycles. The number of benzene rings is 2. The minimum Gasteiger partial charge on any atom is -0.508 e. The Bertz CT molecular complexity index is 1640. The van der Waals surface area contributed by atoms with Crippen LogP contribution in [0.1, 0.15) is 28.5 Å². The minimum absolute atomic E-state index is 0.0258. The molecule has 6 N–H and O–H groups in total. The van der Waals surface area contributed by atoms with Crippen LogP contribution in [0.3, 0.4) is 0 Å². The average molecular weight is 548 g/mol. The molecule has 0 saturated heterocycles. The van der Waals surface area contributed by atoms with E-state index in [9.17, 15) is 34.8 Å². The van der Waals surface area contributed by atoms with Gasteiger partial charge in [-0.1, -0.05) is 24.3 Å². The number of amides is 1.